The van der Waals surface area contributed by atoms with Gasteiger partial charge in [0.25, 0.3) is 0 Å². The number of rotatable bonds is 10. The van der Waals surface area contributed by atoms with Gasteiger partial charge in [0.1, 0.15) is 11.6 Å². The standard InChI is InChI=1S/C28H30N4O2S/c1-4-21-12-9-13-22(5-2)27(21)29-26(33)19-35-28-31-30-25(18-20-10-7-6-8-11-20)32(28)23-14-16-24(34-3)17-15-23/h6-17H,4-5,18-19H2,1-3H3,(H,29,33). The van der Waals surface area contributed by atoms with Crippen LogP contribution in [0.1, 0.15) is 36.4 Å². The number of hydrogen-bond donors (Lipinski definition) is 1. The van der Waals surface area contributed by atoms with Gasteiger partial charge in [-0.15, -0.1) is 10.2 Å². The summed E-state index contributed by atoms with van der Waals surface area (Å²) in [5, 5.41) is 12.7. The van der Waals surface area contributed by atoms with Gasteiger partial charge in [0.2, 0.25) is 5.91 Å². The van der Waals surface area contributed by atoms with Crippen LogP contribution in [-0.4, -0.2) is 33.5 Å². The first-order valence-corrected chi connectivity index (χ1v) is 12.8. The Kier molecular flexibility index (Phi) is 8.21. The van der Waals surface area contributed by atoms with E-state index in [-0.39, 0.29) is 11.7 Å². The molecule has 0 radical (unpaired) electrons. The zero-order valence-electron chi connectivity index (χ0n) is 20.3. The summed E-state index contributed by atoms with van der Waals surface area (Å²) in [7, 11) is 1.65. The Labute approximate surface area is 210 Å². The second-order valence-corrected chi connectivity index (χ2v) is 9.03. The van der Waals surface area contributed by atoms with Gasteiger partial charge in [0.15, 0.2) is 5.16 Å². The largest absolute Gasteiger partial charge is 0.497 e. The van der Waals surface area contributed by atoms with Crippen molar-refractivity contribution >= 4 is 23.4 Å². The number of aryl methyl sites for hydroxylation is 2. The van der Waals surface area contributed by atoms with E-state index in [4.69, 9.17) is 4.74 Å². The van der Waals surface area contributed by atoms with E-state index < -0.39 is 0 Å². The van der Waals surface area contributed by atoms with Gasteiger partial charge in [-0.2, -0.15) is 0 Å². The Bertz CT molecular complexity index is 1250. The van der Waals surface area contributed by atoms with Crippen molar-refractivity contribution in [2.45, 2.75) is 38.3 Å². The predicted octanol–water partition coefficient (Wildman–Crippen LogP) is 5.72. The van der Waals surface area contributed by atoms with Crippen molar-refractivity contribution in [3.05, 3.63) is 95.3 Å². The summed E-state index contributed by atoms with van der Waals surface area (Å²) in [6, 6.07) is 24.1. The molecule has 4 aromatic rings. The summed E-state index contributed by atoms with van der Waals surface area (Å²) >= 11 is 1.38. The molecule has 3 aromatic carbocycles. The third kappa shape index (κ3) is 5.92. The number of aromatic nitrogens is 3. The molecule has 0 fully saturated rings. The third-order valence-corrected chi connectivity index (χ3v) is 6.76. The van der Waals surface area contributed by atoms with Crippen LogP contribution in [0.5, 0.6) is 5.75 Å². The Morgan fingerprint density at radius 2 is 1.60 bits per heavy atom. The maximum absolute atomic E-state index is 12.9. The molecule has 0 aliphatic rings. The molecular formula is C28H30N4O2S. The normalized spacial score (nSPS) is 10.8. The van der Waals surface area contributed by atoms with Crippen LogP contribution in [0.4, 0.5) is 5.69 Å². The first kappa shape index (κ1) is 24.5. The van der Waals surface area contributed by atoms with Crippen LogP contribution in [0.25, 0.3) is 5.69 Å². The maximum atomic E-state index is 12.9. The number of nitrogens with zero attached hydrogens (tertiary/aromatic N) is 3. The highest BCUT2D eigenvalue weighted by atomic mass is 32.2. The van der Waals surface area contributed by atoms with Crippen LogP contribution in [0, 0.1) is 0 Å². The molecule has 0 bridgehead atoms. The summed E-state index contributed by atoms with van der Waals surface area (Å²) < 4.78 is 7.33. The average molecular weight is 487 g/mol. The van der Waals surface area contributed by atoms with Crippen LogP contribution in [0.15, 0.2) is 78.0 Å². The fourth-order valence-corrected chi connectivity index (χ4v) is 4.76. The molecule has 0 atom stereocenters. The molecule has 0 aliphatic heterocycles. The molecule has 0 spiro atoms. The topological polar surface area (TPSA) is 69.0 Å². The Hall–Kier alpha value is -3.58. The number of benzene rings is 3. The fraction of sp³-hybridized carbons (Fsp3) is 0.250. The summed E-state index contributed by atoms with van der Waals surface area (Å²) in [5.74, 6) is 1.77. The molecular weight excluding hydrogens is 456 g/mol. The lowest BCUT2D eigenvalue weighted by molar-refractivity contribution is -0.113. The smallest absolute Gasteiger partial charge is 0.234 e. The van der Waals surface area contributed by atoms with Gasteiger partial charge in [0.05, 0.1) is 12.9 Å². The zero-order valence-corrected chi connectivity index (χ0v) is 21.1. The number of thioether (sulfide) groups is 1. The van der Waals surface area contributed by atoms with Crippen molar-refractivity contribution in [3.63, 3.8) is 0 Å². The molecule has 35 heavy (non-hydrogen) atoms. The van der Waals surface area contributed by atoms with E-state index in [9.17, 15) is 4.79 Å². The van der Waals surface area contributed by atoms with Crippen molar-refractivity contribution in [3.8, 4) is 11.4 Å². The molecule has 1 heterocycles. The van der Waals surface area contributed by atoms with Crippen LogP contribution in [0.2, 0.25) is 0 Å². The summed E-state index contributed by atoms with van der Waals surface area (Å²) in [6.07, 6.45) is 2.37. The van der Waals surface area contributed by atoms with Gasteiger partial charge >= 0.3 is 0 Å². The molecule has 0 saturated heterocycles. The monoisotopic (exact) mass is 486 g/mol. The van der Waals surface area contributed by atoms with E-state index in [1.54, 1.807) is 7.11 Å². The van der Waals surface area contributed by atoms with E-state index in [0.29, 0.717) is 11.6 Å². The van der Waals surface area contributed by atoms with Crippen LogP contribution in [0.3, 0.4) is 0 Å². The first-order valence-electron chi connectivity index (χ1n) is 11.8. The minimum Gasteiger partial charge on any atom is -0.497 e. The zero-order chi connectivity index (χ0) is 24.6. The van der Waals surface area contributed by atoms with E-state index in [1.165, 1.54) is 11.8 Å². The lowest BCUT2D eigenvalue weighted by Crippen LogP contribution is -2.17. The van der Waals surface area contributed by atoms with E-state index in [1.807, 2.05) is 53.1 Å². The number of anilines is 1. The number of carbonyl (C=O) groups is 1. The van der Waals surface area contributed by atoms with Gasteiger partial charge < -0.3 is 10.1 Å². The highest BCUT2D eigenvalue weighted by molar-refractivity contribution is 7.99. The molecule has 6 nitrogen and oxygen atoms in total. The summed E-state index contributed by atoms with van der Waals surface area (Å²) in [6.45, 7) is 4.20. The highest BCUT2D eigenvalue weighted by Gasteiger charge is 2.17. The third-order valence-electron chi connectivity index (χ3n) is 5.83. The van der Waals surface area contributed by atoms with Crippen molar-refractivity contribution in [2.24, 2.45) is 0 Å². The molecule has 1 amide bonds. The molecule has 0 saturated carbocycles. The van der Waals surface area contributed by atoms with Crippen LogP contribution in [-0.2, 0) is 24.1 Å². The number of nitrogens with one attached hydrogen (secondary N) is 1. The van der Waals surface area contributed by atoms with Crippen molar-refractivity contribution in [1.82, 2.24) is 14.8 Å². The molecule has 0 aliphatic carbocycles. The Morgan fingerprint density at radius 3 is 2.23 bits per heavy atom. The van der Waals surface area contributed by atoms with Crippen LogP contribution >= 0.6 is 11.8 Å². The molecule has 4 rings (SSSR count). The quantitative estimate of drug-likeness (QED) is 0.290. The van der Waals surface area contributed by atoms with Gasteiger partial charge in [-0.05, 0) is 53.8 Å². The van der Waals surface area contributed by atoms with Gasteiger partial charge in [-0.1, -0.05) is 74.1 Å². The lowest BCUT2D eigenvalue weighted by Gasteiger charge is -2.14. The Morgan fingerprint density at radius 1 is 0.914 bits per heavy atom. The molecule has 1 N–H and O–H groups in total. The minimum absolute atomic E-state index is 0.0560. The SMILES string of the molecule is CCc1cccc(CC)c1NC(=O)CSc1nnc(Cc2ccccc2)n1-c1ccc(OC)cc1. The molecule has 180 valence electrons. The van der Waals surface area contributed by atoms with Gasteiger partial charge in [-0.3, -0.25) is 9.36 Å². The average Bonchev–Trinajstić information content (AvgIpc) is 3.30. The maximum Gasteiger partial charge on any atom is 0.234 e. The van der Waals surface area contributed by atoms with E-state index in [0.717, 1.165) is 52.5 Å². The van der Waals surface area contributed by atoms with Crippen molar-refractivity contribution in [1.29, 1.82) is 0 Å². The van der Waals surface area contributed by atoms with E-state index in [2.05, 4.69) is 53.6 Å². The van der Waals surface area contributed by atoms with Crippen LogP contribution < -0.4 is 10.1 Å². The minimum atomic E-state index is -0.0560. The summed E-state index contributed by atoms with van der Waals surface area (Å²) in [5.41, 5.74) is 5.30. The number of carbonyl (C=O) groups excluding carboxylic acids is 1. The lowest BCUT2D eigenvalue weighted by atomic mass is 10.0. The second kappa shape index (κ2) is 11.7. The van der Waals surface area contributed by atoms with E-state index >= 15 is 0 Å². The predicted molar refractivity (Wildman–Crippen MR) is 142 cm³/mol. The fourth-order valence-electron chi connectivity index (χ4n) is 3.99. The number of hydrogen-bond acceptors (Lipinski definition) is 5. The van der Waals surface area contributed by atoms with Crippen molar-refractivity contribution in [2.75, 3.05) is 18.2 Å². The second-order valence-electron chi connectivity index (χ2n) is 8.09. The Balaban J connectivity index is 1.57. The summed E-state index contributed by atoms with van der Waals surface area (Å²) in [4.78, 5) is 12.9. The van der Waals surface area contributed by atoms with Gasteiger partial charge in [0, 0.05) is 17.8 Å². The first-order chi connectivity index (χ1) is 17.1. The number of methoxy groups -OCH3 is 1. The molecule has 0 unspecified atom stereocenters. The highest BCUT2D eigenvalue weighted by Crippen LogP contribution is 2.27. The molecule has 7 heteroatoms. The van der Waals surface area contributed by atoms with Crippen molar-refractivity contribution < 1.29 is 9.53 Å². The number of ether oxygens (including phenoxy) is 1. The number of amides is 1. The number of para-hydroxylation sites is 1. The molecule has 1 aromatic heterocycles. The van der Waals surface area contributed by atoms with Gasteiger partial charge in [-0.25, -0.2) is 0 Å².